The molecular formula is C21H30N4O7S. The fraction of sp³-hybridized carbons (Fsp3) is 0.524. The van der Waals surface area contributed by atoms with Crippen LogP contribution in [0.5, 0.6) is 11.5 Å². The quantitative estimate of drug-likeness (QED) is 0.502. The molecule has 1 fully saturated rings. The number of pyridine rings is 1. The van der Waals surface area contributed by atoms with Crippen LogP contribution in [-0.2, 0) is 25.8 Å². The van der Waals surface area contributed by atoms with Crippen LogP contribution < -0.4 is 30.8 Å². The minimum Gasteiger partial charge on any atom is -0.493 e. The van der Waals surface area contributed by atoms with Gasteiger partial charge in [-0.05, 0) is 31.2 Å². The van der Waals surface area contributed by atoms with Gasteiger partial charge in [-0.1, -0.05) is 0 Å². The Morgan fingerprint density at radius 2 is 1.76 bits per heavy atom. The molecule has 4 N–H and O–H groups in total. The Morgan fingerprint density at radius 3 is 2.33 bits per heavy atom. The summed E-state index contributed by atoms with van der Waals surface area (Å²) in [6.45, 7) is 1.59. The van der Waals surface area contributed by atoms with Crippen LogP contribution in [0.1, 0.15) is 25.7 Å². The summed E-state index contributed by atoms with van der Waals surface area (Å²) in [5.41, 5.74) is 6.45. The Kier molecular flexibility index (Phi) is 7.82. The normalized spacial score (nSPS) is 15.1. The molecule has 1 aliphatic rings. The summed E-state index contributed by atoms with van der Waals surface area (Å²) in [4.78, 5) is 26.4. The highest BCUT2D eigenvalue weighted by atomic mass is 32.2. The predicted molar refractivity (Wildman–Crippen MR) is 124 cm³/mol. The second kappa shape index (κ2) is 10.4. The maximum Gasteiger partial charge on any atom is 0.333 e. The number of rotatable bonds is 10. The lowest BCUT2D eigenvalue weighted by Crippen LogP contribution is -2.35. The van der Waals surface area contributed by atoms with Crippen LogP contribution in [0.3, 0.4) is 0 Å². The lowest BCUT2D eigenvalue weighted by molar-refractivity contribution is -0.118. The SMILES string of the molecule is COc1cc2c(N3CCC(CCOS(N)(=O)=O)CC3)cc(=O)n(CCC(N)=O)c2cc1OC. The number of fused-ring (bicyclic) bond motifs is 1. The molecule has 182 valence electrons. The van der Waals surface area contributed by atoms with Gasteiger partial charge in [0.2, 0.25) is 5.91 Å². The number of piperidine rings is 1. The third-order valence-electron chi connectivity index (χ3n) is 5.91. The van der Waals surface area contributed by atoms with E-state index in [1.165, 1.54) is 11.7 Å². The van der Waals surface area contributed by atoms with E-state index in [-0.39, 0.29) is 25.1 Å². The van der Waals surface area contributed by atoms with Gasteiger partial charge >= 0.3 is 10.3 Å². The van der Waals surface area contributed by atoms with Crippen molar-refractivity contribution in [1.29, 1.82) is 0 Å². The Hall–Kier alpha value is -2.83. The minimum absolute atomic E-state index is 0.0364. The van der Waals surface area contributed by atoms with E-state index in [1.54, 1.807) is 19.2 Å². The van der Waals surface area contributed by atoms with Crippen molar-refractivity contribution in [1.82, 2.24) is 4.57 Å². The van der Waals surface area contributed by atoms with Crippen LogP contribution in [0.15, 0.2) is 23.0 Å². The summed E-state index contributed by atoms with van der Waals surface area (Å²) in [6.07, 6.45) is 2.25. The van der Waals surface area contributed by atoms with Crippen molar-refractivity contribution < 1.29 is 26.9 Å². The van der Waals surface area contributed by atoms with E-state index in [1.807, 2.05) is 6.07 Å². The summed E-state index contributed by atoms with van der Waals surface area (Å²) in [5, 5.41) is 5.67. The Labute approximate surface area is 192 Å². The molecule has 2 heterocycles. The molecule has 12 heteroatoms. The van der Waals surface area contributed by atoms with Gasteiger partial charge in [-0.3, -0.25) is 13.8 Å². The average molecular weight is 483 g/mol. The standard InChI is InChI=1S/C21H30N4O7S/c1-30-18-11-15-16(24-7-3-14(4-8-24)6-10-32-33(23,28)29)13-21(27)25(9-5-20(22)26)17(15)12-19(18)31-2/h11-14H,3-10H2,1-2H3,(H2,22,26)(H2,23,28,29). The lowest BCUT2D eigenvalue weighted by atomic mass is 9.93. The molecule has 0 spiro atoms. The van der Waals surface area contributed by atoms with Gasteiger partial charge in [0.05, 0.1) is 32.0 Å². The number of primary amides is 1. The number of nitrogens with two attached hydrogens (primary N) is 2. The molecule has 0 bridgehead atoms. The van der Waals surface area contributed by atoms with Gasteiger partial charge in [-0.2, -0.15) is 8.42 Å². The van der Waals surface area contributed by atoms with Crippen molar-refractivity contribution in [2.24, 2.45) is 16.8 Å². The molecular weight excluding hydrogens is 452 g/mol. The first kappa shape index (κ1) is 24.8. The minimum atomic E-state index is -3.93. The molecule has 1 amide bonds. The molecule has 0 unspecified atom stereocenters. The van der Waals surface area contributed by atoms with E-state index in [2.05, 4.69) is 9.08 Å². The number of carbonyl (C=O) groups excluding carboxylic acids is 1. The van der Waals surface area contributed by atoms with Crippen LogP contribution in [0.2, 0.25) is 0 Å². The molecule has 1 saturated heterocycles. The zero-order valence-corrected chi connectivity index (χ0v) is 19.6. The first-order chi connectivity index (χ1) is 15.6. The highest BCUT2D eigenvalue weighted by Gasteiger charge is 2.23. The Morgan fingerprint density at radius 1 is 1.12 bits per heavy atom. The molecule has 11 nitrogen and oxygen atoms in total. The smallest absolute Gasteiger partial charge is 0.333 e. The molecule has 0 saturated carbocycles. The summed E-state index contributed by atoms with van der Waals surface area (Å²) < 4.78 is 38.9. The second-order valence-electron chi connectivity index (χ2n) is 7.99. The fourth-order valence-electron chi connectivity index (χ4n) is 4.20. The molecule has 0 aliphatic carbocycles. The first-order valence-electron chi connectivity index (χ1n) is 10.6. The van der Waals surface area contributed by atoms with Crippen LogP contribution >= 0.6 is 0 Å². The number of amides is 1. The number of hydrogen-bond acceptors (Lipinski definition) is 8. The van der Waals surface area contributed by atoms with E-state index < -0.39 is 16.2 Å². The number of benzene rings is 1. The number of ether oxygens (including phenoxy) is 2. The van der Waals surface area contributed by atoms with Crippen LogP contribution in [-0.4, -0.2) is 52.8 Å². The van der Waals surface area contributed by atoms with E-state index in [0.29, 0.717) is 42.4 Å². The highest BCUT2D eigenvalue weighted by molar-refractivity contribution is 7.84. The molecule has 3 rings (SSSR count). The predicted octanol–water partition coefficient (Wildman–Crippen LogP) is 0.721. The lowest BCUT2D eigenvalue weighted by Gasteiger charge is -2.34. The molecule has 33 heavy (non-hydrogen) atoms. The fourth-order valence-corrected chi connectivity index (χ4v) is 4.52. The van der Waals surface area contributed by atoms with Crippen molar-refractivity contribution >= 4 is 32.8 Å². The molecule has 1 aliphatic heterocycles. The maximum atomic E-state index is 13.0. The molecule has 1 aromatic heterocycles. The zero-order chi connectivity index (χ0) is 24.2. The molecule has 1 aromatic carbocycles. The van der Waals surface area contributed by atoms with Gasteiger partial charge in [0.1, 0.15) is 0 Å². The molecule has 2 aromatic rings. The van der Waals surface area contributed by atoms with Crippen molar-refractivity contribution in [3.05, 3.63) is 28.6 Å². The van der Waals surface area contributed by atoms with Gasteiger partial charge in [-0.15, -0.1) is 0 Å². The van der Waals surface area contributed by atoms with E-state index in [4.69, 9.17) is 20.3 Å². The number of nitrogens with zero attached hydrogens (tertiary/aromatic N) is 2. The Balaban J connectivity index is 1.91. The van der Waals surface area contributed by atoms with Crippen LogP contribution in [0.4, 0.5) is 5.69 Å². The number of anilines is 1. The number of aromatic nitrogens is 1. The summed E-state index contributed by atoms with van der Waals surface area (Å²) in [5.74, 6) is 0.803. The van der Waals surface area contributed by atoms with Gasteiger partial charge < -0.3 is 24.7 Å². The molecule has 0 radical (unpaired) electrons. The summed E-state index contributed by atoms with van der Waals surface area (Å²) >= 11 is 0. The van der Waals surface area contributed by atoms with Crippen molar-refractivity contribution in [2.75, 3.05) is 38.8 Å². The number of carbonyl (C=O) groups is 1. The second-order valence-corrected chi connectivity index (χ2v) is 9.22. The number of hydrogen-bond donors (Lipinski definition) is 2. The maximum absolute atomic E-state index is 13.0. The van der Waals surface area contributed by atoms with Crippen molar-refractivity contribution in [3.63, 3.8) is 0 Å². The van der Waals surface area contributed by atoms with Gasteiger partial charge in [0.25, 0.3) is 5.56 Å². The highest BCUT2D eigenvalue weighted by Crippen LogP contribution is 2.37. The number of methoxy groups -OCH3 is 2. The number of aryl methyl sites for hydroxylation is 1. The first-order valence-corrected chi connectivity index (χ1v) is 12.1. The van der Waals surface area contributed by atoms with Crippen LogP contribution in [0.25, 0.3) is 10.9 Å². The van der Waals surface area contributed by atoms with Gasteiger partial charge in [0, 0.05) is 43.6 Å². The third kappa shape index (κ3) is 6.15. The molecule has 0 atom stereocenters. The van der Waals surface area contributed by atoms with Crippen molar-refractivity contribution in [2.45, 2.75) is 32.2 Å². The third-order valence-corrected chi connectivity index (χ3v) is 6.40. The van der Waals surface area contributed by atoms with E-state index >= 15 is 0 Å². The van der Waals surface area contributed by atoms with Crippen LogP contribution in [0, 0.1) is 5.92 Å². The average Bonchev–Trinajstić information content (AvgIpc) is 2.76. The van der Waals surface area contributed by atoms with Gasteiger partial charge in [-0.25, -0.2) is 5.14 Å². The topological polar surface area (TPSA) is 156 Å². The summed E-state index contributed by atoms with van der Waals surface area (Å²) in [7, 11) is -0.872. The van der Waals surface area contributed by atoms with Gasteiger partial charge in [0.15, 0.2) is 11.5 Å². The monoisotopic (exact) mass is 482 g/mol. The summed E-state index contributed by atoms with van der Waals surface area (Å²) in [6, 6.07) is 5.13. The van der Waals surface area contributed by atoms with Crippen molar-refractivity contribution in [3.8, 4) is 11.5 Å². The van der Waals surface area contributed by atoms with E-state index in [0.717, 1.165) is 23.9 Å². The van der Waals surface area contributed by atoms with E-state index in [9.17, 15) is 18.0 Å². The zero-order valence-electron chi connectivity index (χ0n) is 18.8. The largest absolute Gasteiger partial charge is 0.493 e. The Bertz CT molecular complexity index is 1170.